The van der Waals surface area contributed by atoms with Crippen LogP contribution in [0.2, 0.25) is 0 Å². The maximum absolute atomic E-state index is 13.0. The van der Waals surface area contributed by atoms with Gasteiger partial charge in [-0.15, -0.1) is 0 Å². The molecule has 162 valence electrons. The van der Waals surface area contributed by atoms with Crippen LogP contribution >= 0.6 is 0 Å². The Bertz CT molecular complexity index is 1060. The number of ether oxygens (including phenoxy) is 2. The normalized spacial score (nSPS) is 18.2. The third-order valence-electron chi connectivity index (χ3n) is 5.80. The summed E-state index contributed by atoms with van der Waals surface area (Å²) in [6.45, 7) is 1.88. The Hall–Kier alpha value is -3.20. The van der Waals surface area contributed by atoms with E-state index in [9.17, 15) is 9.18 Å². The molecule has 1 saturated heterocycles. The molecule has 0 bridgehead atoms. The van der Waals surface area contributed by atoms with Crippen molar-refractivity contribution in [3.05, 3.63) is 64.5 Å². The number of carbonyl (C=O) groups is 1. The fraction of sp³-hybridized carbons (Fsp3) is 0.409. The third kappa shape index (κ3) is 4.18. The summed E-state index contributed by atoms with van der Waals surface area (Å²) in [6, 6.07) is 7.88. The van der Waals surface area contributed by atoms with Crippen LogP contribution in [-0.4, -0.2) is 57.5 Å². The molecule has 3 aromatic rings. The quantitative estimate of drug-likeness (QED) is 0.633. The zero-order chi connectivity index (χ0) is 21.2. The van der Waals surface area contributed by atoms with Crippen molar-refractivity contribution >= 4 is 5.91 Å². The fourth-order valence-corrected chi connectivity index (χ4v) is 4.14. The van der Waals surface area contributed by atoms with Gasteiger partial charge in [-0.1, -0.05) is 0 Å². The number of hydrogen-bond donors (Lipinski definition) is 2. The Balaban J connectivity index is 1.18. The molecular formula is C22H24FN5O3. The lowest BCUT2D eigenvalue weighted by Gasteiger charge is -2.31. The second kappa shape index (κ2) is 8.50. The van der Waals surface area contributed by atoms with Gasteiger partial charge in [-0.2, -0.15) is 10.2 Å². The number of fused-ring (bicyclic) bond motifs is 1. The van der Waals surface area contributed by atoms with Crippen LogP contribution in [0.1, 0.15) is 45.7 Å². The summed E-state index contributed by atoms with van der Waals surface area (Å²) in [4.78, 5) is 14.8. The molecule has 31 heavy (non-hydrogen) atoms. The van der Waals surface area contributed by atoms with Crippen molar-refractivity contribution in [1.29, 1.82) is 0 Å². The van der Waals surface area contributed by atoms with Crippen LogP contribution in [0.15, 0.2) is 30.3 Å². The second-order valence-corrected chi connectivity index (χ2v) is 7.86. The molecule has 5 rings (SSSR count). The SMILES string of the molecule is O=C(c1n[nH]c2c1CCC2)N1CCO[C@@H](c2cc(CCOc3ccc(F)cc3)[nH]n2)C1. The van der Waals surface area contributed by atoms with Gasteiger partial charge in [0, 0.05) is 29.9 Å². The van der Waals surface area contributed by atoms with Crippen LogP contribution in [0.4, 0.5) is 4.39 Å². The van der Waals surface area contributed by atoms with Crippen LogP contribution in [0.5, 0.6) is 5.75 Å². The largest absolute Gasteiger partial charge is 0.493 e. The maximum Gasteiger partial charge on any atom is 0.274 e. The van der Waals surface area contributed by atoms with E-state index in [1.165, 1.54) is 12.1 Å². The summed E-state index contributed by atoms with van der Waals surface area (Å²) in [7, 11) is 0. The average Bonchev–Trinajstić information content (AvgIpc) is 3.52. The van der Waals surface area contributed by atoms with E-state index in [1.54, 1.807) is 17.0 Å². The molecule has 1 fully saturated rings. The number of aryl methyl sites for hydroxylation is 1. The van der Waals surface area contributed by atoms with E-state index in [0.29, 0.717) is 44.2 Å². The predicted molar refractivity (Wildman–Crippen MR) is 109 cm³/mol. The van der Waals surface area contributed by atoms with Crippen LogP contribution in [0.3, 0.4) is 0 Å². The number of morpholine rings is 1. The standard InChI is InChI=1S/C22H24FN5O3/c23-14-4-6-16(7-5-14)30-10-8-15-12-19(26-24-15)20-13-28(9-11-31-20)22(29)21-17-2-1-3-18(17)25-27-21/h4-7,12,20H,1-3,8-11,13H2,(H,24,26)(H,25,27)/t20-/m1/s1. The van der Waals surface area contributed by atoms with Gasteiger partial charge in [-0.3, -0.25) is 15.0 Å². The Kier molecular flexibility index (Phi) is 5.42. The van der Waals surface area contributed by atoms with Crippen LogP contribution in [0.25, 0.3) is 0 Å². The third-order valence-corrected chi connectivity index (χ3v) is 5.80. The Morgan fingerprint density at radius 2 is 2.10 bits per heavy atom. The first kappa shape index (κ1) is 19.7. The molecule has 1 amide bonds. The highest BCUT2D eigenvalue weighted by Crippen LogP contribution is 2.26. The molecule has 1 aliphatic heterocycles. The number of hydrogen-bond acceptors (Lipinski definition) is 5. The number of halogens is 1. The van der Waals surface area contributed by atoms with Crippen LogP contribution < -0.4 is 4.74 Å². The molecule has 9 heteroatoms. The molecule has 1 atom stereocenters. The van der Waals surface area contributed by atoms with Crippen molar-refractivity contribution in [1.82, 2.24) is 25.3 Å². The summed E-state index contributed by atoms with van der Waals surface area (Å²) >= 11 is 0. The average molecular weight is 425 g/mol. The Morgan fingerprint density at radius 1 is 1.23 bits per heavy atom. The number of carbonyl (C=O) groups excluding carboxylic acids is 1. The molecule has 3 heterocycles. The highest BCUT2D eigenvalue weighted by molar-refractivity contribution is 5.94. The van der Waals surface area contributed by atoms with Crippen molar-refractivity contribution < 1.29 is 18.7 Å². The molecule has 8 nitrogen and oxygen atoms in total. The van der Waals surface area contributed by atoms with E-state index in [2.05, 4.69) is 20.4 Å². The second-order valence-electron chi connectivity index (χ2n) is 7.86. The van der Waals surface area contributed by atoms with Gasteiger partial charge < -0.3 is 14.4 Å². The fourth-order valence-electron chi connectivity index (χ4n) is 4.14. The lowest BCUT2D eigenvalue weighted by atomic mass is 10.1. The first-order valence-corrected chi connectivity index (χ1v) is 10.6. The van der Waals surface area contributed by atoms with Gasteiger partial charge in [0.15, 0.2) is 5.69 Å². The minimum atomic E-state index is -0.290. The molecular weight excluding hydrogens is 401 g/mol. The van der Waals surface area contributed by atoms with E-state index in [0.717, 1.165) is 41.9 Å². The lowest BCUT2D eigenvalue weighted by Crippen LogP contribution is -2.42. The minimum absolute atomic E-state index is 0.0452. The van der Waals surface area contributed by atoms with Gasteiger partial charge in [-0.05, 0) is 49.6 Å². The maximum atomic E-state index is 13.0. The first-order chi connectivity index (χ1) is 15.2. The van der Waals surface area contributed by atoms with Gasteiger partial charge in [0.1, 0.15) is 17.7 Å². The molecule has 1 aromatic carbocycles. The molecule has 0 unspecified atom stereocenters. The van der Waals surface area contributed by atoms with E-state index in [4.69, 9.17) is 9.47 Å². The summed E-state index contributed by atoms with van der Waals surface area (Å²) in [5.74, 6) is 0.286. The first-order valence-electron chi connectivity index (χ1n) is 10.6. The number of rotatable bonds is 6. The topological polar surface area (TPSA) is 96.1 Å². The number of amides is 1. The smallest absolute Gasteiger partial charge is 0.274 e. The highest BCUT2D eigenvalue weighted by Gasteiger charge is 2.31. The number of nitrogens with one attached hydrogen (secondary N) is 2. The van der Waals surface area contributed by atoms with E-state index in [-0.39, 0.29) is 17.8 Å². The van der Waals surface area contributed by atoms with Crippen molar-refractivity contribution in [3.63, 3.8) is 0 Å². The molecule has 0 spiro atoms. The van der Waals surface area contributed by atoms with Gasteiger partial charge in [0.2, 0.25) is 0 Å². The number of benzene rings is 1. The van der Waals surface area contributed by atoms with Crippen molar-refractivity contribution in [3.8, 4) is 5.75 Å². The molecule has 2 aromatic heterocycles. The number of nitrogens with zero attached hydrogens (tertiary/aromatic N) is 3. The van der Waals surface area contributed by atoms with E-state index >= 15 is 0 Å². The van der Waals surface area contributed by atoms with Crippen molar-refractivity contribution in [2.75, 3.05) is 26.3 Å². The zero-order valence-electron chi connectivity index (χ0n) is 17.1. The zero-order valence-corrected chi connectivity index (χ0v) is 17.1. The summed E-state index contributed by atoms with van der Waals surface area (Å²) in [5.41, 5.74) is 4.38. The van der Waals surface area contributed by atoms with Crippen LogP contribution in [-0.2, 0) is 24.0 Å². The lowest BCUT2D eigenvalue weighted by molar-refractivity contribution is -0.0249. The molecule has 2 N–H and O–H groups in total. The predicted octanol–water partition coefficient (Wildman–Crippen LogP) is 2.60. The van der Waals surface area contributed by atoms with E-state index < -0.39 is 0 Å². The Morgan fingerprint density at radius 3 is 2.97 bits per heavy atom. The van der Waals surface area contributed by atoms with Crippen LogP contribution in [0, 0.1) is 5.82 Å². The molecule has 0 saturated carbocycles. The summed E-state index contributed by atoms with van der Waals surface area (Å²) < 4.78 is 24.5. The molecule has 1 aliphatic carbocycles. The van der Waals surface area contributed by atoms with Gasteiger partial charge >= 0.3 is 0 Å². The molecule has 2 aliphatic rings. The molecule has 0 radical (unpaired) electrons. The summed E-state index contributed by atoms with van der Waals surface area (Å²) in [5, 5.41) is 14.7. The van der Waals surface area contributed by atoms with E-state index in [1.807, 2.05) is 6.07 Å². The number of aromatic nitrogens is 4. The Labute approximate surface area is 178 Å². The minimum Gasteiger partial charge on any atom is -0.493 e. The monoisotopic (exact) mass is 425 g/mol. The van der Waals surface area contributed by atoms with Gasteiger partial charge in [-0.25, -0.2) is 4.39 Å². The highest BCUT2D eigenvalue weighted by atomic mass is 19.1. The van der Waals surface area contributed by atoms with Gasteiger partial charge in [0.05, 0.1) is 25.5 Å². The number of aromatic amines is 2. The van der Waals surface area contributed by atoms with Crippen molar-refractivity contribution in [2.45, 2.75) is 31.8 Å². The van der Waals surface area contributed by atoms with Crippen molar-refractivity contribution in [2.24, 2.45) is 0 Å². The van der Waals surface area contributed by atoms with Gasteiger partial charge in [0.25, 0.3) is 5.91 Å². The number of H-pyrrole nitrogens is 2. The summed E-state index contributed by atoms with van der Waals surface area (Å²) in [6.07, 6.45) is 3.27.